The lowest BCUT2D eigenvalue weighted by Gasteiger charge is -1.99. The van der Waals surface area contributed by atoms with E-state index in [9.17, 15) is 9.90 Å². The topological polar surface area (TPSA) is 74.6 Å². The van der Waals surface area contributed by atoms with Gasteiger partial charge in [0.05, 0.1) is 10.7 Å². The molecule has 0 aliphatic carbocycles. The molecule has 0 aliphatic heterocycles. The van der Waals surface area contributed by atoms with Crippen LogP contribution in [0.25, 0.3) is 0 Å². The number of amides is 1. The van der Waals surface area contributed by atoms with Crippen LogP contribution in [0.3, 0.4) is 0 Å². The molecule has 2 N–H and O–H groups in total. The molecule has 0 fully saturated rings. The molecule has 1 heterocycles. The predicted molar refractivity (Wildman–Crippen MR) is 75.1 cm³/mol. The maximum Gasteiger partial charge on any atom is 0.289 e. The van der Waals surface area contributed by atoms with Crippen LogP contribution >= 0.6 is 15.9 Å². The van der Waals surface area contributed by atoms with Crippen LogP contribution in [0.2, 0.25) is 0 Å². The Kier molecular flexibility index (Phi) is 4.25. The lowest BCUT2D eigenvalue weighted by atomic mass is 10.2. The van der Waals surface area contributed by atoms with Crippen LogP contribution in [0.1, 0.15) is 16.1 Å². The van der Waals surface area contributed by atoms with Crippen molar-refractivity contribution in [3.63, 3.8) is 0 Å². The number of halogens is 1. The maximum atomic E-state index is 11.6. The molecule has 1 aromatic heterocycles. The average Bonchev–Trinajstić information content (AvgIpc) is 2.43. The van der Waals surface area contributed by atoms with E-state index in [1.807, 2.05) is 0 Å². The number of rotatable bonds is 3. The number of nitrogens with one attached hydrogen (secondary N) is 1. The zero-order valence-electron chi connectivity index (χ0n) is 9.75. The van der Waals surface area contributed by atoms with Gasteiger partial charge in [0, 0.05) is 6.20 Å². The summed E-state index contributed by atoms with van der Waals surface area (Å²) in [7, 11) is 0. The van der Waals surface area contributed by atoms with Crippen molar-refractivity contribution in [2.45, 2.75) is 0 Å². The zero-order chi connectivity index (χ0) is 13.7. The van der Waals surface area contributed by atoms with Crippen LogP contribution in [0.4, 0.5) is 0 Å². The van der Waals surface area contributed by atoms with Crippen molar-refractivity contribution in [2.75, 3.05) is 0 Å². The van der Waals surface area contributed by atoms with Crippen molar-refractivity contribution >= 4 is 28.1 Å². The molecule has 96 valence electrons. The number of nitrogens with zero attached hydrogens (tertiary/aromatic N) is 2. The summed E-state index contributed by atoms with van der Waals surface area (Å²) in [5.41, 5.74) is 3.41. The Balaban J connectivity index is 2.00. The summed E-state index contributed by atoms with van der Waals surface area (Å²) in [6, 6.07) is 9.95. The molecule has 19 heavy (non-hydrogen) atoms. The van der Waals surface area contributed by atoms with Gasteiger partial charge in [0.25, 0.3) is 5.91 Å². The second-order valence-electron chi connectivity index (χ2n) is 3.62. The van der Waals surface area contributed by atoms with E-state index in [0.29, 0.717) is 10.2 Å². The second kappa shape index (κ2) is 6.10. The molecule has 0 saturated heterocycles. The van der Waals surface area contributed by atoms with E-state index < -0.39 is 0 Å². The third kappa shape index (κ3) is 3.62. The van der Waals surface area contributed by atoms with Gasteiger partial charge < -0.3 is 5.11 Å². The van der Waals surface area contributed by atoms with Crippen LogP contribution in [0, 0.1) is 0 Å². The van der Waals surface area contributed by atoms with Crippen LogP contribution in [-0.4, -0.2) is 22.2 Å². The van der Waals surface area contributed by atoms with Crippen LogP contribution in [0.5, 0.6) is 5.75 Å². The summed E-state index contributed by atoms with van der Waals surface area (Å²) < 4.78 is 0.563. The summed E-state index contributed by atoms with van der Waals surface area (Å²) in [5, 5.41) is 13.2. The van der Waals surface area contributed by atoms with Crippen molar-refractivity contribution in [2.24, 2.45) is 5.10 Å². The highest BCUT2D eigenvalue weighted by atomic mass is 79.9. The van der Waals surface area contributed by atoms with E-state index in [2.05, 4.69) is 31.4 Å². The Labute approximate surface area is 118 Å². The van der Waals surface area contributed by atoms with Gasteiger partial charge >= 0.3 is 0 Å². The molecule has 2 aromatic rings. The van der Waals surface area contributed by atoms with Crippen molar-refractivity contribution < 1.29 is 9.90 Å². The van der Waals surface area contributed by atoms with Crippen LogP contribution < -0.4 is 5.43 Å². The molecule has 6 heteroatoms. The summed E-state index contributed by atoms with van der Waals surface area (Å²) in [6.07, 6.45) is 3.01. The Morgan fingerprint density at radius 1 is 1.37 bits per heavy atom. The van der Waals surface area contributed by atoms with Gasteiger partial charge in [0.2, 0.25) is 0 Å². The minimum Gasteiger partial charge on any atom is -0.507 e. The Hall–Kier alpha value is -2.21. The third-order valence-electron chi connectivity index (χ3n) is 2.25. The van der Waals surface area contributed by atoms with E-state index in [-0.39, 0.29) is 11.7 Å². The number of carbonyl (C=O) groups is 1. The van der Waals surface area contributed by atoms with Gasteiger partial charge in [0.1, 0.15) is 11.4 Å². The first-order valence-electron chi connectivity index (χ1n) is 5.40. The number of benzene rings is 1. The van der Waals surface area contributed by atoms with E-state index >= 15 is 0 Å². The second-order valence-corrected chi connectivity index (χ2v) is 4.48. The number of aromatic hydroxyl groups is 1. The number of carbonyl (C=O) groups excluding carboxylic acids is 1. The lowest BCUT2D eigenvalue weighted by Crippen LogP contribution is -2.18. The van der Waals surface area contributed by atoms with Crippen molar-refractivity contribution in [3.05, 3.63) is 58.3 Å². The number of pyridine rings is 1. The van der Waals surface area contributed by atoms with Crippen molar-refractivity contribution in [3.8, 4) is 5.75 Å². The van der Waals surface area contributed by atoms with Gasteiger partial charge in [-0.05, 0) is 51.8 Å². The molecular weight excluding hydrogens is 310 g/mol. The number of aromatic nitrogens is 1. The summed E-state index contributed by atoms with van der Waals surface area (Å²) >= 11 is 3.19. The first kappa shape index (κ1) is 13.2. The predicted octanol–water partition coefficient (Wildman–Crippen LogP) is 2.31. The smallest absolute Gasteiger partial charge is 0.289 e. The number of phenolic OH excluding ortho intramolecular Hbond substituents is 1. The standard InChI is InChI=1S/C13H10BrN3O2/c14-10-7-9(4-5-12(10)18)8-16-17-13(19)11-3-1-2-6-15-11/h1-8,18H,(H,17,19)/b16-8-. The minimum atomic E-state index is -0.380. The van der Waals surface area contributed by atoms with E-state index in [0.717, 1.165) is 5.56 Å². The number of phenols is 1. The Morgan fingerprint density at radius 3 is 2.89 bits per heavy atom. The normalized spacial score (nSPS) is 10.6. The fraction of sp³-hybridized carbons (Fsp3) is 0. The Morgan fingerprint density at radius 2 is 2.21 bits per heavy atom. The molecule has 0 bridgehead atoms. The fourth-order valence-electron chi connectivity index (χ4n) is 1.32. The Bertz CT molecular complexity index is 615. The molecule has 0 aliphatic rings. The number of hydrazone groups is 1. The number of hydrogen-bond donors (Lipinski definition) is 2. The summed E-state index contributed by atoms with van der Waals surface area (Å²) in [6.45, 7) is 0. The first-order valence-corrected chi connectivity index (χ1v) is 6.19. The van der Waals surface area contributed by atoms with Crippen molar-refractivity contribution in [1.29, 1.82) is 0 Å². The molecule has 1 amide bonds. The van der Waals surface area contributed by atoms with Crippen molar-refractivity contribution in [1.82, 2.24) is 10.4 Å². The molecule has 0 saturated carbocycles. The van der Waals surface area contributed by atoms with Gasteiger partial charge in [-0.2, -0.15) is 5.10 Å². The number of hydrogen-bond acceptors (Lipinski definition) is 4. The van der Waals surface area contributed by atoms with E-state index in [1.54, 1.807) is 30.3 Å². The highest BCUT2D eigenvalue weighted by Crippen LogP contribution is 2.23. The first-order chi connectivity index (χ1) is 9.16. The quantitative estimate of drug-likeness (QED) is 0.673. The fourth-order valence-corrected chi connectivity index (χ4v) is 1.72. The zero-order valence-corrected chi connectivity index (χ0v) is 11.3. The molecule has 0 spiro atoms. The highest BCUT2D eigenvalue weighted by Gasteiger charge is 2.03. The van der Waals surface area contributed by atoms with Gasteiger partial charge in [-0.15, -0.1) is 0 Å². The van der Waals surface area contributed by atoms with Crippen LogP contribution in [-0.2, 0) is 0 Å². The molecule has 0 unspecified atom stereocenters. The van der Waals surface area contributed by atoms with Gasteiger partial charge in [-0.1, -0.05) is 6.07 Å². The average molecular weight is 320 g/mol. The summed E-state index contributed by atoms with van der Waals surface area (Å²) in [4.78, 5) is 15.5. The molecule has 2 rings (SSSR count). The van der Waals surface area contributed by atoms with Gasteiger partial charge in [0.15, 0.2) is 0 Å². The molecular formula is C13H10BrN3O2. The molecule has 5 nitrogen and oxygen atoms in total. The molecule has 1 aromatic carbocycles. The SMILES string of the molecule is O=C(N/N=C\c1ccc(O)c(Br)c1)c1ccccn1. The largest absolute Gasteiger partial charge is 0.507 e. The molecule has 0 radical (unpaired) electrons. The van der Waals surface area contributed by atoms with Gasteiger partial charge in [-0.25, -0.2) is 5.43 Å². The van der Waals surface area contributed by atoms with E-state index in [4.69, 9.17) is 0 Å². The van der Waals surface area contributed by atoms with Crippen LogP contribution in [0.15, 0.2) is 52.2 Å². The minimum absolute atomic E-state index is 0.148. The van der Waals surface area contributed by atoms with Gasteiger partial charge in [-0.3, -0.25) is 9.78 Å². The monoisotopic (exact) mass is 319 g/mol. The maximum absolute atomic E-state index is 11.6. The summed E-state index contributed by atoms with van der Waals surface area (Å²) in [5.74, 6) is -0.232. The molecule has 0 atom stereocenters. The lowest BCUT2D eigenvalue weighted by molar-refractivity contribution is 0.0950. The highest BCUT2D eigenvalue weighted by molar-refractivity contribution is 9.10. The van der Waals surface area contributed by atoms with E-state index in [1.165, 1.54) is 18.5 Å². The third-order valence-corrected chi connectivity index (χ3v) is 2.88.